The first kappa shape index (κ1) is 15.9. The van der Waals surface area contributed by atoms with Crippen LogP contribution in [0.5, 0.6) is 0 Å². The molecule has 0 aromatic carbocycles. The number of ether oxygens (including phenoxy) is 1. The van der Waals surface area contributed by atoms with Crippen molar-refractivity contribution >= 4 is 22.9 Å². The molecule has 104 valence electrons. The van der Waals surface area contributed by atoms with E-state index >= 15 is 0 Å². The summed E-state index contributed by atoms with van der Waals surface area (Å²) in [6.07, 6.45) is 8.81. The van der Waals surface area contributed by atoms with Crippen LogP contribution in [0, 0.1) is 0 Å². The summed E-state index contributed by atoms with van der Waals surface area (Å²) < 4.78 is 5.62. The molecule has 0 saturated carbocycles. The Balaban J connectivity index is 1.89. The normalized spacial score (nSPS) is 11.0. The average molecular weight is 290 g/mol. The number of halogens is 1. The molecule has 18 heavy (non-hydrogen) atoms. The number of nitrogens with zero attached hydrogens (tertiary/aromatic N) is 1. The summed E-state index contributed by atoms with van der Waals surface area (Å²) in [7, 11) is 0. The van der Waals surface area contributed by atoms with Gasteiger partial charge in [0.25, 0.3) is 0 Å². The highest BCUT2D eigenvalue weighted by Gasteiger charge is 2.00. The number of hydrogen-bond donors (Lipinski definition) is 0. The smallest absolute Gasteiger partial charge is 0.0951 e. The van der Waals surface area contributed by atoms with E-state index in [1.54, 1.807) is 11.3 Å². The third-order valence-electron chi connectivity index (χ3n) is 2.84. The van der Waals surface area contributed by atoms with Crippen molar-refractivity contribution in [1.29, 1.82) is 0 Å². The summed E-state index contributed by atoms with van der Waals surface area (Å²) in [6.45, 7) is 3.92. The Hall–Kier alpha value is -0.120. The molecule has 0 unspecified atom stereocenters. The van der Waals surface area contributed by atoms with Crippen molar-refractivity contribution in [3.63, 3.8) is 0 Å². The fourth-order valence-electron chi connectivity index (χ4n) is 1.77. The summed E-state index contributed by atoms with van der Waals surface area (Å²) in [4.78, 5) is 4.40. The van der Waals surface area contributed by atoms with Gasteiger partial charge in [0.1, 0.15) is 0 Å². The molecule has 1 aromatic heterocycles. The second-order valence-corrected chi connectivity index (χ2v) is 5.71. The van der Waals surface area contributed by atoms with E-state index in [0.29, 0.717) is 5.88 Å². The van der Waals surface area contributed by atoms with Gasteiger partial charge < -0.3 is 4.74 Å². The molecule has 1 aromatic rings. The van der Waals surface area contributed by atoms with E-state index < -0.39 is 0 Å². The highest BCUT2D eigenvalue weighted by atomic mass is 35.5. The first-order valence-electron chi connectivity index (χ1n) is 6.93. The summed E-state index contributed by atoms with van der Waals surface area (Å²) in [5, 5.41) is 3.16. The Morgan fingerprint density at radius 3 is 2.67 bits per heavy atom. The first-order chi connectivity index (χ1) is 8.86. The molecule has 0 bridgehead atoms. The van der Waals surface area contributed by atoms with Gasteiger partial charge in [0.2, 0.25) is 0 Å². The van der Waals surface area contributed by atoms with E-state index in [0.717, 1.165) is 30.3 Å². The lowest BCUT2D eigenvalue weighted by atomic mass is 10.1. The Morgan fingerprint density at radius 2 is 1.94 bits per heavy atom. The Kier molecular flexibility index (Phi) is 9.54. The molecule has 0 amide bonds. The minimum absolute atomic E-state index is 0.509. The van der Waals surface area contributed by atoms with Crippen molar-refractivity contribution in [3.8, 4) is 0 Å². The van der Waals surface area contributed by atoms with E-state index in [1.165, 1.54) is 38.5 Å². The van der Waals surface area contributed by atoms with Crippen LogP contribution in [0.2, 0.25) is 0 Å². The van der Waals surface area contributed by atoms with Crippen LogP contribution in [0.4, 0.5) is 0 Å². The molecular weight excluding hydrogens is 266 g/mol. The van der Waals surface area contributed by atoms with Crippen LogP contribution >= 0.6 is 22.9 Å². The second kappa shape index (κ2) is 10.8. The van der Waals surface area contributed by atoms with Crippen LogP contribution in [0.3, 0.4) is 0 Å². The van der Waals surface area contributed by atoms with Crippen molar-refractivity contribution < 1.29 is 4.74 Å². The van der Waals surface area contributed by atoms with E-state index in [9.17, 15) is 0 Å². The molecule has 0 spiro atoms. The van der Waals surface area contributed by atoms with Gasteiger partial charge in [-0.25, -0.2) is 4.98 Å². The van der Waals surface area contributed by atoms with Crippen LogP contribution in [-0.4, -0.2) is 18.2 Å². The number of thiazole rings is 1. The zero-order chi connectivity index (χ0) is 13.1. The van der Waals surface area contributed by atoms with Crippen molar-refractivity contribution in [2.75, 3.05) is 13.2 Å². The molecule has 0 fully saturated rings. The molecule has 0 N–H and O–H groups in total. The summed E-state index contributed by atoms with van der Waals surface area (Å²) >= 11 is 7.38. The van der Waals surface area contributed by atoms with Gasteiger partial charge in [0.05, 0.1) is 23.2 Å². The molecule has 0 aliphatic carbocycles. The lowest BCUT2D eigenvalue weighted by Gasteiger charge is -2.03. The maximum absolute atomic E-state index is 5.71. The summed E-state index contributed by atoms with van der Waals surface area (Å²) in [5.41, 5.74) is 0.979. The van der Waals surface area contributed by atoms with Crippen LogP contribution in [0.15, 0.2) is 5.38 Å². The van der Waals surface area contributed by atoms with Crippen molar-refractivity contribution in [2.24, 2.45) is 0 Å². The molecule has 0 aliphatic rings. The monoisotopic (exact) mass is 289 g/mol. The van der Waals surface area contributed by atoms with Gasteiger partial charge in [-0.15, -0.1) is 22.9 Å². The standard InChI is InChI=1S/C14H24ClNOS/c1-2-3-4-5-6-7-9-17-10-8-14-16-13(11-15)12-18-14/h12H,2-11H2,1H3. The van der Waals surface area contributed by atoms with Gasteiger partial charge in [-0.2, -0.15) is 0 Å². The van der Waals surface area contributed by atoms with E-state index in [-0.39, 0.29) is 0 Å². The molecule has 0 saturated heterocycles. The van der Waals surface area contributed by atoms with Gasteiger partial charge in [0.15, 0.2) is 0 Å². The van der Waals surface area contributed by atoms with Gasteiger partial charge >= 0.3 is 0 Å². The lowest BCUT2D eigenvalue weighted by molar-refractivity contribution is 0.132. The molecule has 2 nitrogen and oxygen atoms in total. The molecule has 4 heteroatoms. The predicted molar refractivity (Wildman–Crippen MR) is 79.6 cm³/mol. The zero-order valence-electron chi connectivity index (χ0n) is 11.3. The minimum Gasteiger partial charge on any atom is -0.381 e. The predicted octanol–water partition coefficient (Wildman–Crippen LogP) is 4.80. The highest BCUT2D eigenvalue weighted by Crippen LogP contribution is 2.12. The van der Waals surface area contributed by atoms with Crippen LogP contribution < -0.4 is 0 Å². The quantitative estimate of drug-likeness (QED) is 0.431. The number of aromatic nitrogens is 1. The SMILES string of the molecule is CCCCCCCCOCCc1nc(CCl)cs1. The maximum atomic E-state index is 5.71. The molecule has 0 aliphatic heterocycles. The Labute approximate surface area is 120 Å². The largest absolute Gasteiger partial charge is 0.381 e. The third-order valence-corrected chi connectivity index (χ3v) is 4.07. The minimum atomic E-state index is 0.509. The number of rotatable bonds is 11. The van der Waals surface area contributed by atoms with E-state index in [4.69, 9.17) is 16.3 Å². The second-order valence-electron chi connectivity index (χ2n) is 4.50. The first-order valence-corrected chi connectivity index (χ1v) is 8.35. The maximum Gasteiger partial charge on any atom is 0.0951 e. The molecule has 0 radical (unpaired) electrons. The topological polar surface area (TPSA) is 22.1 Å². The van der Waals surface area contributed by atoms with Crippen molar-refractivity contribution in [1.82, 2.24) is 4.98 Å². The number of alkyl halides is 1. The van der Waals surface area contributed by atoms with Crippen LogP contribution in [0.1, 0.15) is 56.2 Å². The fourth-order valence-corrected chi connectivity index (χ4v) is 2.78. The summed E-state index contributed by atoms with van der Waals surface area (Å²) in [5.74, 6) is 0.509. The van der Waals surface area contributed by atoms with E-state index in [1.807, 2.05) is 5.38 Å². The molecule has 0 atom stereocenters. The molecule has 1 rings (SSSR count). The number of hydrogen-bond acceptors (Lipinski definition) is 3. The summed E-state index contributed by atoms with van der Waals surface area (Å²) in [6, 6.07) is 0. The average Bonchev–Trinajstić information content (AvgIpc) is 2.85. The molecular formula is C14H24ClNOS. The Bertz CT molecular complexity index is 304. The Morgan fingerprint density at radius 1 is 1.17 bits per heavy atom. The van der Waals surface area contributed by atoms with Gasteiger partial charge in [-0.1, -0.05) is 39.0 Å². The van der Waals surface area contributed by atoms with Crippen LogP contribution in [0.25, 0.3) is 0 Å². The van der Waals surface area contributed by atoms with Gasteiger partial charge in [-0.05, 0) is 6.42 Å². The third kappa shape index (κ3) is 7.34. The van der Waals surface area contributed by atoms with Crippen LogP contribution in [-0.2, 0) is 17.0 Å². The highest BCUT2D eigenvalue weighted by molar-refractivity contribution is 7.09. The van der Waals surface area contributed by atoms with Gasteiger partial charge in [0, 0.05) is 18.4 Å². The van der Waals surface area contributed by atoms with Crippen molar-refractivity contribution in [3.05, 3.63) is 16.1 Å². The zero-order valence-corrected chi connectivity index (χ0v) is 12.9. The van der Waals surface area contributed by atoms with Crippen molar-refractivity contribution in [2.45, 2.75) is 57.7 Å². The number of unbranched alkanes of at least 4 members (excludes halogenated alkanes) is 5. The fraction of sp³-hybridized carbons (Fsp3) is 0.786. The van der Waals surface area contributed by atoms with E-state index in [2.05, 4.69) is 11.9 Å². The van der Waals surface area contributed by atoms with Gasteiger partial charge in [-0.3, -0.25) is 0 Å². The lowest BCUT2D eigenvalue weighted by Crippen LogP contribution is -2.00. The molecule has 1 heterocycles.